The molecule has 0 bridgehead atoms. The molecule has 60 heavy (non-hydrogen) atoms. The molecule has 2 aromatic heterocycles. The summed E-state index contributed by atoms with van der Waals surface area (Å²) in [6.07, 6.45) is 9.93. The minimum absolute atomic E-state index is 0.282. The Labute approximate surface area is 346 Å². The van der Waals surface area contributed by atoms with E-state index in [1.54, 1.807) is 34.1 Å². The standard InChI is InChI=1S/C46H42N8O6/c1-59-45(57)51-39(33-11-5-3-6-12-33)43(55)53-25-9-15-37(53)41-47-27-35(49-41)31-21-17-29(18-22-31)30-19-23-32(24-20-30)36-28-48-42(50-36)38-16-10-26-54(38)44(56)40(52-46(58)60-2)34-13-7-4-8-14-34/h3-24,27-28,37-40H,25-26H2,1-2H3,(H,47,49)(H,48,50)(H,51,57)(H,52,58)/t37?,38?,39-,40-/m1/s1. The Morgan fingerprint density at radius 1 is 0.567 bits per heavy atom. The second-order valence-corrected chi connectivity index (χ2v) is 14.2. The predicted octanol–water partition coefficient (Wildman–Crippen LogP) is 7.21. The minimum atomic E-state index is -0.927. The number of methoxy groups -OCH3 is 2. The van der Waals surface area contributed by atoms with Gasteiger partial charge in [0.05, 0.1) is 25.6 Å². The number of imidazole rings is 2. The average Bonchev–Trinajstić information content (AvgIpc) is 4.15. The first-order valence-corrected chi connectivity index (χ1v) is 19.4. The molecule has 2 aliphatic heterocycles. The minimum Gasteiger partial charge on any atom is -0.453 e. The molecular weight excluding hydrogens is 761 g/mol. The lowest BCUT2D eigenvalue weighted by Crippen LogP contribution is -2.43. The van der Waals surface area contributed by atoms with Gasteiger partial charge in [-0.2, -0.15) is 0 Å². The number of alkyl carbamates (subject to hydrolysis) is 2. The Hall–Kier alpha value is -7.74. The molecule has 2 unspecified atom stereocenters. The average molecular weight is 803 g/mol. The third kappa shape index (κ3) is 8.16. The highest BCUT2D eigenvalue weighted by molar-refractivity contribution is 5.89. The van der Waals surface area contributed by atoms with Crippen LogP contribution in [0.5, 0.6) is 0 Å². The molecular formula is C46H42N8O6. The Morgan fingerprint density at radius 2 is 0.933 bits per heavy atom. The fourth-order valence-electron chi connectivity index (χ4n) is 7.46. The maximum atomic E-state index is 13.9. The van der Waals surface area contributed by atoms with Gasteiger partial charge in [-0.05, 0) is 22.3 Å². The van der Waals surface area contributed by atoms with Crippen molar-refractivity contribution in [3.63, 3.8) is 0 Å². The fraction of sp³-hybridized carbons (Fsp3) is 0.174. The second kappa shape index (κ2) is 17.4. The number of hydrogen-bond acceptors (Lipinski definition) is 8. The number of hydrogen-bond donors (Lipinski definition) is 4. The van der Waals surface area contributed by atoms with Crippen molar-refractivity contribution < 1.29 is 28.7 Å². The summed E-state index contributed by atoms with van der Waals surface area (Å²) < 4.78 is 9.62. The summed E-state index contributed by atoms with van der Waals surface area (Å²) in [4.78, 5) is 71.7. The van der Waals surface area contributed by atoms with Crippen molar-refractivity contribution in [2.75, 3.05) is 27.3 Å². The number of carbonyl (C=O) groups is 4. The molecule has 2 aliphatic rings. The molecule has 14 nitrogen and oxygen atoms in total. The van der Waals surface area contributed by atoms with Gasteiger partial charge in [-0.25, -0.2) is 19.6 Å². The van der Waals surface area contributed by atoms with E-state index in [9.17, 15) is 19.2 Å². The number of amides is 4. The Balaban J connectivity index is 0.930. The van der Waals surface area contributed by atoms with Crippen molar-refractivity contribution in [2.24, 2.45) is 0 Å². The Morgan fingerprint density at radius 3 is 1.30 bits per heavy atom. The molecule has 0 saturated heterocycles. The molecule has 0 radical (unpaired) electrons. The van der Waals surface area contributed by atoms with E-state index in [0.29, 0.717) is 35.9 Å². The predicted molar refractivity (Wildman–Crippen MR) is 224 cm³/mol. The largest absolute Gasteiger partial charge is 0.453 e. The van der Waals surface area contributed by atoms with Gasteiger partial charge in [0.25, 0.3) is 11.8 Å². The molecule has 6 aromatic rings. The topological polar surface area (TPSA) is 175 Å². The van der Waals surface area contributed by atoms with Crippen molar-refractivity contribution in [3.05, 3.63) is 169 Å². The van der Waals surface area contributed by atoms with Crippen LogP contribution in [-0.2, 0) is 19.1 Å². The van der Waals surface area contributed by atoms with Crippen LogP contribution in [0, 0.1) is 0 Å². The summed E-state index contributed by atoms with van der Waals surface area (Å²) in [5.74, 6) is 0.647. The number of H-pyrrole nitrogens is 2. The van der Waals surface area contributed by atoms with Gasteiger partial charge in [-0.3, -0.25) is 9.59 Å². The maximum Gasteiger partial charge on any atom is 0.407 e. The molecule has 0 saturated carbocycles. The lowest BCUT2D eigenvalue weighted by molar-refractivity contribution is -0.134. The summed E-state index contributed by atoms with van der Waals surface area (Å²) >= 11 is 0. The highest BCUT2D eigenvalue weighted by Crippen LogP contribution is 2.33. The van der Waals surface area contributed by atoms with E-state index in [1.165, 1.54) is 14.2 Å². The molecule has 0 aliphatic carbocycles. The zero-order valence-corrected chi connectivity index (χ0v) is 32.8. The van der Waals surface area contributed by atoms with E-state index < -0.39 is 36.4 Å². The summed E-state index contributed by atoms with van der Waals surface area (Å²) in [7, 11) is 2.53. The van der Waals surface area contributed by atoms with E-state index in [2.05, 4.69) is 20.6 Å². The lowest BCUT2D eigenvalue weighted by Gasteiger charge is -2.28. The lowest BCUT2D eigenvalue weighted by atomic mass is 10.0. The van der Waals surface area contributed by atoms with Gasteiger partial charge in [0.2, 0.25) is 0 Å². The van der Waals surface area contributed by atoms with E-state index in [-0.39, 0.29) is 11.8 Å². The van der Waals surface area contributed by atoms with Crippen molar-refractivity contribution in [3.8, 4) is 33.6 Å². The number of benzene rings is 4. The number of nitrogens with zero attached hydrogens (tertiary/aromatic N) is 4. The number of aromatic amines is 2. The Bertz CT molecular complexity index is 2360. The molecule has 4 heterocycles. The summed E-state index contributed by atoms with van der Waals surface area (Å²) in [6, 6.07) is 31.6. The van der Waals surface area contributed by atoms with Gasteiger partial charge in [0.1, 0.15) is 35.8 Å². The van der Waals surface area contributed by atoms with Crippen LogP contribution >= 0.6 is 0 Å². The molecule has 4 amide bonds. The summed E-state index contributed by atoms with van der Waals surface area (Å²) in [6.45, 7) is 0.733. The van der Waals surface area contributed by atoms with Gasteiger partial charge in [-0.15, -0.1) is 0 Å². The van der Waals surface area contributed by atoms with E-state index in [0.717, 1.165) is 33.6 Å². The molecule has 8 rings (SSSR count). The number of aromatic nitrogens is 4. The van der Waals surface area contributed by atoms with Crippen LogP contribution in [0.3, 0.4) is 0 Å². The molecule has 4 atom stereocenters. The first-order chi connectivity index (χ1) is 29.3. The third-order valence-corrected chi connectivity index (χ3v) is 10.6. The van der Waals surface area contributed by atoms with Gasteiger partial charge in [0, 0.05) is 36.6 Å². The van der Waals surface area contributed by atoms with Gasteiger partial charge < -0.3 is 39.9 Å². The van der Waals surface area contributed by atoms with E-state index in [1.807, 2.05) is 122 Å². The van der Waals surface area contributed by atoms with Crippen LogP contribution in [0.4, 0.5) is 9.59 Å². The third-order valence-electron chi connectivity index (χ3n) is 10.6. The van der Waals surface area contributed by atoms with Crippen LogP contribution in [0.15, 0.2) is 146 Å². The van der Waals surface area contributed by atoms with Crippen LogP contribution in [-0.4, -0.2) is 81.0 Å². The molecule has 4 N–H and O–H groups in total. The number of rotatable bonds is 11. The highest BCUT2D eigenvalue weighted by atomic mass is 16.5. The SMILES string of the molecule is COC(=O)N[C@@H](C(=O)N1CC=CC1c1nc(-c2ccc(-c3ccc(-c4c[nH]c(C5C=CCN5C(=O)[C@H](NC(=O)OC)c5ccccc5)n4)cc3)cc2)c[nH]1)c1ccccc1. The molecule has 302 valence electrons. The fourth-order valence-corrected chi connectivity index (χ4v) is 7.46. The van der Waals surface area contributed by atoms with Gasteiger partial charge in [0.15, 0.2) is 0 Å². The quantitative estimate of drug-likeness (QED) is 0.0995. The highest BCUT2D eigenvalue weighted by Gasteiger charge is 2.36. The van der Waals surface area contributed by atoms with Crippen molar-refractivity contribution in [1.82, 2.24) is 40.4 Å². The second-order valence-electron chi connectivity index (χ2n) is 14.2. The van der Waals surface area contributed by atoms with Crippen molar-refractivity contribution in [1.29, 1.82) is 0 Å². The number of ether oxygens (including phenoxy) is 2. The van der Waals surface area contributed by atoms with Gasteiger partial charge >= 0.3 is 12.2 Å². The molecule has 0 spiro atoms. The monoisotopic (exact) mass is 802 g/mol. The number of nitrogens with one attached hydrogen (secondary N) is 4. The molecule has 4 aromatic carbocycles. The number of carbonyl (C=O) groups excluding carboxylic acids is 4. The first-order valence-electron chi connectivity index (χ1n) is 19.4. The smallest absolute Gasteiger partial charge is 0.407 e. The van der Waals surface area contributed by atoms with Gasteiger partial charge in [-0.1, -0.05) is 133 Å². The van der Waals surface area contributed by atoms with Crippen molar-refractivity contribution in [2.45, 2.75) is 24.2 Å². The van der Waals surface area contributed by atoms with Crippen LogP contribution < -0.4 is 10.6 Å². The summed E-state index contributed by atoms with van der Waals surface area (Å²) in [5, 5.41) is 5.36. The normalized spacial score (nSPS) is 16.6. The van der Waals surface area contributed by atoms with E-state index in [4.69, 9.17) is 19.4 Å². The van der Waals surface area contributed by atoms with Crippen LogP contribution in [0.1, 0.15) is 46.9 Å². The Kier molecular flexibility index (Phi) is 11.3. The van der Waals surface area contributed by atoms with Crippen molar-refractivity contribution >= 4 is 24.0 Å². The first kappa shape index (κ1) is 39.1. The van der Waals surface area contributed by atoms with Crippen LogP contribution in [0.25, 0.3) is 33.6 Å². The summed E-state index contributed by atoms with van der Waals surface area (Å²) in [5.41, 5.74) is 6.59. The maximum absolute atomic E-state index is 13.9. The van der Waals surface area contributed by atoms with E-state index >= 15 is 0 Å². The van der Waals surface area contributed by atoms with Crippen LogP contribution in [0.2, 0.25) is 0 Å². The molecule has 0 fully saturated rings. The zero-order chi connectivity index (χ0) is 41.6. The zero-order valence-electron chi connectivity index (χ0n) is 32.8. The molecule has 14 heteroatoms.